The van der Waals surface area contributed by atoms with E-state index < -0.39 is 5.41 Å². The molecule has 2 aliphatic rings. The Kier molecular flexibility index (Phi) is 3.95. The minimum Gasteiger partial charge on any atom is -0.300 e. The normalized spacial score (nSPS) is 31.3. The van der Waals surface area contributed by atoms with E-state index in [1.807, 2.05) is 0 Å². The summed E-state index contributed by atoms with van der Waals surface area (Å²) in [7, 11) is 5.29. The lowest BCUT2D eigenvalue weighted by Crippen LogP contribution is -2.55. The Labute approximate surface area is 130 Å². The summed E-state index contributed by atoms with van der Waals surface area (Å²) in [5.74, 6) is -0.311. The van der Waals surface area contributed by atoms with Gasteiger partial charge in [0.2, 0.25) is 0 Å². The number of amides is 1. The molecule has 2 atom stereocenters. The number of hydrogen-bond acceptors (Lipinski definition) is 3. The third kappa shape index (κ3) is 2.32. The fourth-order valence-electron chi connectivity index (χ4n) is 4.16. The molecule has 1 amide bonds. The zero-order valence-corrected chi connectivity index (χ0v) is 13.4. The van der Waals surface area contributed by atoms with Crippen molar-refractivity contribution in [3.05, 3.63) is 35.6 Å². The molecule has 22 heavy (non-hydrogen) atoms. The molecule has 2 heterocycles. The van der Waals surface area contributed by atoms with Crippen molar-refractivity contribution in [2.24, 2.45) is 0 Å². The summed E-state index contributed by atoms with van der Waals surface area (Å²) >= 11 is 0. The molecule has 1 aromatic carbocycles. The van der Waals surface area contributed by atoms with E-state index in [1.165, 1.54) is 24.3 Å². The second kappa shape index (κ2) is 5.63. The van der Waals surface area contributed by atoms with E-state index in [9.17, 15) is 9.18 Å². The molecule has 3 rings (SSSR count). The smallest absolute Gasteiger partial charge is 0.256 e. The number of likely N-dealkylation sites (N-methyl/N-ethyl adjacent to an activating group) is 1. The van der Waals surface area contributed by atoms with Crippen molar-refractivity contribution < 1.29 is 14.0 Å². The first-order chi connectivity index (χ1) is 10.5. The second-order valence-corrected chi connectivity index (χ2v) is 6.53. The zero-order valence-electron chi connectivity index (χ0n) is 13.4. The van der Waals surface area contributed by atoms with Gasteiger partial charge < -0.3 is 4.90 Å². The molecule has 0 aromatic heterocycles. The van der Waals surface area contributed by atoms with Crippen LogP contribution in [0.25, 0.3) is 0 Å². The highest BCUT2D eigenvalue weighted by Crippen LogP contribution is 2.47. The van der Waals surface area contributed by atoms with Crippen LogP contribution in [0.5, 0.6) is 0 Å². The number of halogens is 1. The van der Waals surface area contributed by atoms with E-state index in [4.69, 9.17) is 4.84 Å². The fourth-order valence-corrected chi connectivity index (χ4v) is 4.16. The SMILES string of the molecule is CON(C)C(=O)C1(c2ccc(F)cc2)CC2CCC(C1)N2C. The number of carbonyl (C=O) groups is 1. The number of rotatable bonds is 3. The Hall–Kier alpha value is -1.46. The average molecular weight is 306 g/mol. The molecule has 1 aromatic rings. The van der Waals surface area contributed by atoms with E-state index >= 15 is 0 Å². The van der Waals surface area contributed by atoms with Gasteiger partial charge in [-0.3, -0.25) is 9.63 Å². The molecule has 2 bridgehead atoms. The van der Waals surface area contributed by atoms with Crippen LogP contribution in [-0.4, -0.2) is 49.2 Å². The predicted molar refractivity (Wildman–Crippen MR) is 81.7 cm³/mol. The van der Waals surface area contributed by atoms with E-state index in [2.05, 4.69) is 11.9 Å². The van der Waals surface area contributed by atoms with E-state index in [0.717, 1.165) is 31.2 Å². The van der Waals surface area contributed by atoms with Crippen molar-refractivity contribution in [2.75, 3.05) is 21.2 Å². The minimum absolute atomic E-state index is 0.0355. The molecule has 0 radical (unpaired) electrons. The Morgan fingerprint density at radius 3 is 2.32 bits per heavy atom. The molecule has 5 heteroatoms. The van der Waals surface area contributed by atoms with Crippen molar-refractivity contribution in [2.45, 2.75) is 43.2 Å². The maximum absolute atomic E-state index is 13.3. The molecule has 2 aliphatic heterocycles. The van der Waals surface area contributed by atoms with Crippen LogP contribution in [0, 0.1) is 5.82 Å². The molecular formula is C17H23FN2O2. The van der Waals surface area contributed by atoms with Gasteiger partial charge in [-0.2, -0.15) is 0 Å². The molecule has 0 spiro atoms. The van der Waals surface area contributed by atoms with Crippen LogP contribution in [0.4, 0.5) is 4.39 Å². The standard InChI is InChI=1S/C17H23FN2O2/c1-19-14-8-9-15(19)11-17(10-14,16(21)20(2)22-3)12-4-6-13(18)7-5-12/h4-7,14-15H,8-11H2,1-3H3. The van der Waals surface area contributed by atoms with Crippen LogP contribution in [-0.2, 0) is 15.0 Å². The van der Waals surface area contributed by atoms with Gasteiger partial charge in [0.15, 0.2) is 0 Å². The monoisotopic (exact) mass is 306 g/mol. The first kappa shape index (κ1) is 15.4. The number of hydrogen-bond donors (Lipinski definition) is 0. The van der Waals surface area contributed by atoms with Gasteiger partial charge in [-0.15, -0.1) is 0 Å². The summed E-state index contributed by atoms with van der Waals surface area (Å²) in [6.45, 7) is 0. The van der Waals surface area contributed by atoms with Crippen molar-refractivity contribution >= 4 is 5.91 Å². The fraction of sp³-hybridized carbons (Fsp3) is 0.588. The summed E-state index contributed by atoms with van der Waals surface area (Å²) in [6.07, 6.45) is 3.76. The molecule has 0 N–H and O–H groups in total. The van der Waals surface area contributed by atoms with Gasteiger partial charge in [0.05, 0.1) is 12.5 Å². The number of piperidine rings is 1. The zero-order chi connectivity index (χ0) is 15.9. The minimum atomic E-state index is -0.614. The summed E-state index contributed by atoms with van der Waals surface area (Å²) in [5.41, 5.74) is 0.282. The molecule has 120 valence electrons. The Morgan fingerprint density at radius 2 is 1.82 bits per heavy atom. The van der Waals surface area contributed by atoms with Gasteiger partial charge >= 0.3 is 0 Å². The van der Waals surface area contributed by atoms with Crippen LogP contribution in [0.1, 0.15) is 31.2 Å². The van der Waals surface area contributed by atoms with Crippen LogP contribution >= 0.6 is 0 Å². The third-order valence-electron chi connectivity index (χ3n) is 5.52. The van der Waals surface area contributed by atoms with Gasteiger partial charge in [0.1, 0.15) is 5.82 Å². The molecule has 2 unspecified atom stereocenters. The summed E-state index contributed by atoms with van der Waals surface area (Å²) < 4.78 is 13.3. The van der Waals surface area contributed by atoms with Gasteiger partial charge in [-0.1, -0.05) is 12.1 Å². The number of carbonyl (C=O) groups excluding carboxylic acids is 1. The van der Waals surface area contributed by atoms with Gasteiger partial charge in [0, 0.05) is 19.1 Å². The molecule has 0 aliphatic carbocycles. The maximum Gasteiger partial charge on any atom is 0.256 e. The Morgan fingerprint density at radius 1 is 1.27 bits per heavy atom. The van der Waals surface area contributed by atoms with Gasteiger partial charge in [0.25, 0.3) is 5.91 Å². The first-order valence-corrected chi connectivity index (χ1v) is 7.78. The van der Waals surface area contributed by atoms with Crippen LogP contribution in [0.2, 0.25) is 0 Å². The average Bonchev–Trinajstić information content (AvgIpc) is 2.76. The van der Waals surface area contributed by atoms with Crippen LogP contribution in [0.15, 0.2) is 24.3 Å². The van der Waals surface area contributed by atoms with Gasteiger partial charge in [-0.05, 0) is 50.4 Å². The number of benzene rings is 1. The lowest BCUT2D eigenvalue weighted by atomic mass is 9.69. The molecular weight excluding hydrogens is 283 g/mol. The van der Waals surface area contributed by atoms with E-state index in [-0.39, 0.29) is 11.7 Å². The summed E-state index contributed by atoms with van der Waals surface area (Å²) in [6, 6.07) is 7.19. The van der Waals surface area contributed by atoms with Crippen LogP contribution in [0.3, 0.4) is 0 Å². The van der Waals surface area contributed by atoms with Crippen molar-refractivity contribution in [1.82, 2.24) is 9.96 Å². The predicted octanol–water partition coefficient (Wildman–Crippen LogP) is 2.34. The highest BCUT2D eigenvalue weighted by molar-refractivity contribution is 5.87. The topological polar surface area (TPSA) is 32.8 Å². The quantitative estimate of drug-likeness (QED) is 0.804. The van der Waals surface area contributed by atoms with E-state index in [0.29, 0.717) is 12.1 Å². The molecule has 0 saturated carbocycles. The highest BCUT2D eigenvalue weighted by atomic mass is 19.1. The lowest BCUT2D eigenvalue weighted by Gasteiger charge is -2.45. The second-order valence-electron chi connectivity index (χ2n) is 6.53. The molecule has 4 nitrogen and oxygen atoms in total. The first-order valence-electron chi connectivity index (χ1n) is 7.78. The van der Waals surface area contributed by atoms with Crippen molar-refractivity contribution in [3.8, 4) is 0 Å². The number of fused-ring (bicyclic) bond motifs is 2. The number of hydroxylamine groups is 2. The Balaban J connectivity index is 2.03. The van der Waals surface area contributed by atoms with Crippen molar-refractivity contribution in [1.29, 1.82) is 0 Å². The molecule has 2 fully saturated rings. The highest BCUT2D eigenvalue weighted by Gasteiger charge is 2.53. The maximum atomic E-state index is 13.3. The third-order valence-corrected chi connectivity index (χ3v) is 5.52. The van der Waals surface area contributed by atoms with E-state index in [1.54, 1.807) is 19.2 Å². The van der Waals surface area contributed by atoms with Crippen molar-refractivity contribution in [3.63, 3.8) is 0 Å². The summed E-state index contributed by atoms with van der Waals surface area (Å²) in [5, 5.41) is 1.31. The molecule has 2 saturated heterocycles. The Bertz CT molecular complexity index is 546. The van der Waals surface area contributed by atoms with Gasteiger partial charge in [-0.25, -0.2) is 9.45 Å². The lowest BCUT2D eigenvalue weighted by molar-refractivity contribution is -0.178. The summed E-state index contributed by atoms with van der Waals surface area (Å²) in [4.78, 5) is 20.6. The largest absolute Gasteiger partial charge is 0.300 e. The van der Waals surface area contributed by atoms with Crippen LogP contribution < -0.4 is 0 Å². The number of nitrogens with zero attached hydrogens (tertiary/aromatic N) is 2.